The molecule has 0 radical (unpaired) electrons. The van der Waals surface area contributed by atoms with Gasteiger partial charge in [0.25, 0.3) is 0 Å². The van der Waals surface area contributed by atoms with Gasteiger partial charge in [-0.3, -0.25) is 0 Å². The number of benzene rings is 2. The van der Waals surface area contributed by atoms with Gasteiger partial charge < -0.3 is 5.32 Å². The van der Waals surface area contributed by atoms with E-state index >= 15 is 0 Å². The van der Waals surface area contributed by atoms with Crippen LogP contribution >= 0.6 is 12.2 Å². The van der Waals surface area contributed by atoms with Crippen molar-refractivity contribution in [1.29, 1.82) is 0 Å². The lowest BCUT2D eigenvalue weighted by Gasteiger charge is -2.08. The van der Waals surface area contributed by atoms with Crippen LogP contribution in [0.2, 0.25) is 0 Å². The lowest BCUT2D eigenvalue weighted by molar-refractivity contribution is 1.37. The highest BCUT2D eigenvalue weighted by Crippen LogP contribution is 2.15. The molecule has 0 fully saturated rings. The Balaban J connectivity index is 1.88. The number of pyridine rings is 1. The van der Waals surface area contributed by atoms with Gasteiger partial charge in [-0.2, -0.15) is 0 Å². The first kappa shape index (κ1) is 12.8. The molecule has 3 rings (SSSR count). The van der Waals surface area contributed by atoms with Crippen molar-refractivity contribution in [1.82, 2.24) is 4.98 Å². The summed E-state index contributed by atoms with van der Waals surface area (Å²) >= 11 is 5.44. The van der Waals surface area contributed by atoms with E-state index in [-0.39, 0.29) is 0 Å². The second kappa shape index (κ2) is 5.39. The normalized spacial score (nSPS) is 10.4. The van der Waals surface area contributed by atoms with Crippen molar-refractivity contribution in [3.8, 4) is 0 Å². The van der Waals surface area contributed by atoms with E-state index in [1.807, 2.05) is 48.5 Å². The van der Waals surface area contributed by atoms with Crippen molar-refractivity contribution in [2.45, 2.75) is 6.92 Å². The highest BCUT2D eigenvalue weighted by atomic mass is 32.1. The minimum absolute atomic E-state index is 0.640. The molecule has 20 heavy (non-hydrogen) atoms. The van der Waals surface area contributed by atoms with Gasteiger partial charge in [0.05, 0.1) is 11.2 Å². The molecule has 3 heteroatoms. The Morgan fingerprint density at radius 3 is 2.70 bits per heavy atom. The molecule has 1 aromatic heterocycles. The number of nitrogens with one attached hydrogen (secondary N) is 1. The Morgan fingerprint density at radius 2 is 1.85 bits per heavy atom. The highest BCUT2D eigenvalue weighted by molar-refractivity contribution is 7.81. The van der Waals surface area contributed by atoms with Crippen molar-refractivity contribution in [3.63, 3.8) is 0 Å². The fraction of sp³-hybridized carbons (Fsp3) is 0.0588. The number of nitrogens with zero attached hydrogens (tertiary/aromatic N) is 1. The van der Waals surface area contributed by atoms with Crippen LogP contribution < -0.4 is 5.32 Å². The first-order chi connectivity index (χ1) is 9.72. The van der Waals surface area contributed by atoms with E-state index in [0.29, 0.717) is 4.99 Å². The third-order valence-corrected chi connectivity index (χ3v) is 3.42. The number of para-hydroxylation sites is 1. The van der Waals surface area contributed by atoms with Gasteiger partial charge in [-0.1, -0.05) is 48.6 Å². The molecule has 2 aromatic carbocycles. The highest BCUT2D eigenvalue weighted by Gasteiger charge is 2.04. The van der Waals surface area contributed by atoms with E-state index in [2.05, 4.69) is 29.4 Å². The predicted octanol–water partition coefficient (Wildman–Crippen LogP) is 4.33. The number of aryl methyl sites for hydroxylation is 1. The van der Waals surface area contributed by atoms with Crippen LogP contribution in [-0.2, 0) is 0 Å². The molecule has 1 heterocycles. The number of rotatable bonds is 2. The number of anilines is 1. The lowest BCUT2D eigenvalue weighted by Crippen LogP contribution is -2.12. The predicted molar refractivity (Wildman–Crippen MR) is 88.2 cm³/mol. The molecule has 0 atom stereocenters. The molecule has 2 nitrogen and oxygen atoms in total. The lowest BCUT2D eigenvalue weighted by atomic mass is 10.2. The maximum Gasteiger partial charge on any atom is 0.129 e. The fourth-order valence-electron chi connectivity index (χ4n) is 2.11. The van der Waals surface area contributed by atoms with Crippen LogP contribution in [0, 0.1) is 6.92 Å². The van der Waals surface area contributed by atoms with E-state index < -0.39 is 0 Å². The minimum Gasteiger partial charge on any atom is -0.345 e. The molecule has 0 saturated carbocycles. The Kier molecular flexibility index (Phi) is 3.44. The van der Waals surface area contributed by atoms with Crippen molar-refractivity contribution < 1.29 is 0 Å². The standard InChI is InChI=1S/C17H14N2S/c1-12-5-4-7-14(11-12)18-17(20)16-10-9-13-6-2-3-8-15(13)19-16/h2-11H,1H3,(H,18,20). The average molecular weight is 278 g/mol. The quantitative estimate of drug-likeness (QED) is 0.706. The molecule has 0 amide bonds. The van der Waals surface area contributed by atoms with Crippen LogP contribution in [0.4, 0.5) is 5.69 Å². The molecule has 0 aliphatic heterocycles. The summed E-state index contributed by atoms with van der Waals surface area (Å²) in [6.07, 6.45) is 0. The zero-order valence-corrected chi connectivity index (χ0v) is 11.9. The van der Waals surface area contributed by atoms with Gasteiger partial charge in [0.1, 0.15) is 4.99 Å². The summed E-state index contributed by atoms with van der Waals surface area (Å²) in [5.41, 5.74) is 3.94. The SMILES string of the molecule is Cc1cccc(NC(=S)c2ccc3ccccc3n2)c1. The molecule has 0 aliphatic rings. The van der Waals surface area contributed by atoms with Gasteiger partial charge in [-0.05, 0) is 36.8 Å². The molecule has 0 saturated heterocycles. The van der Waals surface area contributed by atoms with E-state index in [0.717, 1.165) is 22.3 Å². The Labute approximate surface area is 123 Å². The molecule has 0 aliphatic carbocycles. The van der Waals surface area contributed by atoms with Crippen molar-refractivity contribution in [2.75, 3.05) is 5.32 Å². The summed E-state index contributed by atoms with van der Waals surface area (Å²) in [5.74, 6) is 0. The van der Waals surface area contributed by atoms with Crippen LogP contribution in [-0.4, -0.2) is 9.97 Å². The van der Waals surface area contributed by atoms with E-state index in [9.17, 15) is 0 Å². The van der Waals surface area contributed by atoms with Crippen molar-refractivity contribution >= 4 is 33.8 Å². The summed E-state index contributed by atoms with van der Waals surface area (Å²) in [4.78, 5) is 5.23. The number of thiocarbonyl (C=S) groups is 1. The smallest absolute Gasteiger partial charge is 0.129 e. The van der Waals surface area contributed by atoms with Crippen LogP contribution in [0.25, 0.3) is 10.9 Å². The summed E-state index contributed by atoms with van der Waals surface area (Å²) < 4.78 is 0. The largest absolute Gasteiger partial charge is 0.345 e. The van der Waals surface area contributed by atoms with Crippen LogP contribution in [0.5, 0.6) is 0 Å². The van der Waals surface area contributed by atoms with Gasteiger partial charge in [0.2, 0.25) is 0 Å². The Morgan fingerprint density at radius 1 is 1.00 bits per heavy atom. The van der Waals surface area contributed by atoms with Gasteiger partial charge in [0.15, 0.2) is 0 Å². The van der Waals surface area contributed by atoms with Gasteiger partial charge in [0, 0.05) is 11.1 Å². The van der Waals surface area contributed by atoms with Gasteiger partial charge in [-0.25, -0.2) is 4.98 Å². The first-order valence-corrected chi connectivity index (χ1v) is 6.87. The van der Waals surface area contributed by atoms with Gasteiger partial charge >= 0.3 is 0 Å². The van der Waals surface area contributed by atoms with Crippen LogP contribution in [0.15, 0.2) is 60.7 Å². The van der Waals surface area contributed by atoms with E-state index in [4.69, 9.17) is 12.2 Å². The van der Waals surface area contributed by atoms with Gasteiger partial charge in [-0.15, -0.1) is 0 Å². The third-order valence-electron chi connectivity index (χ3n) is 3.11. The zero-order valence-electron chi connectivity index (χ0n) is 11.1. The summed E-state index contributed by atoms with van der Waals surface area (Å²) in [5, 5.41) is 4.35. The Hall–Kier alpha value is -2.26. The molecule has 0 bridgehead atoms. The molecule has 3 aromatic rings. The summed E-state index contributed by atoms with van der Waals surface area (Å²) in [7, 11) is 0. The molecular weight excluding hydrogens is 264 g/mol. The summed E-state index contributed by atoms with van der Waals surface area (Å²) in [6.45, 7) is 2.06. The maximum atomic E-state index is 5.44. The van der Waals surface area contributed by atoms with Crippen LogP contribution in [0.3, 0.4) is 0 Å². The second-order valence-electron chi connectivity index (χ2n) is 4.71. The molecular formula is C17H14N2S. The Bertz CT molecular complexity index is 781. The second-order valence-corrected chi connectivity index (χ2v) is 5.12. The van der Waals surface area contributed by atoms with Crippen molar-refractivity contribution in [3.05, 3.63) is 71.9 Å². The first-order valence-electron chi connectivity index (χ1n) is 6.46. The molecule has 1 N–H and O–H groups in total. The number of fused-ring (bicyclic) bond motifs is 1. The number of hydrogen-bond acceptors (Lipinski definition) is 2. The monoisotopic (exact) mass is 278 g/mol. The molecule has 0 spiro atoms. The van der Waals surface area contributed by atoms with Crippen molar-refractivity contribution in [2.24, 2.45) is 0 Å². The summed E-state index contributed by atoms with van der Waals surface area (Å²) in [6, 6.07) is 20.2. The fourth-order valence-corrected chi connectivity index (χ4v) is 2.34. The van der Waals surface area contributed by atoms with Crippen LogP contribution in [0.1, 0.15) is 11.3 Å². The maximum absolute atomic E-state index is 5.44. The zero-order chi connectivity index (χ0) is 13.9. The topological polar surface area (TPSA) is 24.9 Å². The number of aromatic nitrogens is 1. The van der Waals surface area contributed by atoms with E-state index in [1.165, 1.54) is 5.56 Å². The average Bonchev–Trinajstić information content (AvgIpc) is 2.47. The number of hydrogen-bond donors (Lipinski definition) is 1. The third kappa shape index (κ3) is 2.68. The molecule has 0 unspecified atom stereocenters. The molecule has 98 valence electrons. The minimum atomic E-state index is 0.640. The van der Waals surface area contributed by atoms with E-state index in [1.54, 1.807) is 0 Å².